The average molecular weight is 425 g/mol. The summed E-state index contributed by atoms with van der Waals surface area (Å²) in [6.45, 7) is 0. The Morgan fingerprint density at radius 3 is 2.39 bits per heavy atom. The zero-order valence-corrected chi connectivity index (χ0v) is 17.2. The first-order valence-electron chi connectivity index (χ1n) is 9.79. The fraction of sp³-hybridized carbons (Fsp3) is 0. The Hall–Kier alpha value is -3.83. The maximum Gasteiger partial charge on any atom is 0.256 e. The Labute approximate surface area is 182 Å². The van der Waals surface area contributed by atoms with E-state index in [1.54, 1.807) is 18.2 Å². The molecule has 5 rings (SSSR count). The lowest BCUT2D eigenvalue weighted by Crippen LogP contribution is -2.13. The zero-order chi connectivity index (χ0) is 21.2. The zero-order valence-electron chi connectivity index (χ0n) is 16.4. The van der Waals surface area contributed by atoms with E-state index in [1.807, 2.05) is 72.1 Å². The van der Waals surface area contributed by atoms with Gasteiger partial charge in [-0.15, -0.1) is 11.3 Å². The molecule has 4 aromatic carbocycles. The number of benzene rings is 4. The first-order valence-corrected chi connectivity index (χ1v) is 10.7. The largest absolute Gasteiger partial charge is 0.321 e. The van der Waals surface area contributed by atoms with Crippen LogP contribution < -0.4 is 5.32 Å². The van der Waals surface area contributed by atoms with Gasteiger partial charge in [0, 0.05) is 22.1 Å². The Morgan fingerprint density at radius 2 is 1.52 bits per heavy atom. The van der Waals surface area contributed by atoms with Crippen LogP contribution in [0.15, 0.2) is 96.4 Å². The van der Waals surface area contributed by atoms with E-state index < -0.39 is 0 Å². The van der Waals surface area contributed by atoms with Crippen LogP contribution in [0.2, 0.25) is 0 Å². The maximum absolute atomic E-state index is 14.2. The molecule has 0 aliphatic carbocycles. The Bertz CT molecular complexity index is 1400. The van der Waals surface area contributed by atoms with Crippen LogP contribution in [0.5, 0.6) is 0 Å². The molecule has 0 spiro atoms. The van der Waals surface area contributed by atoms with Gasteiger partial charge in [0.05, 0.1) is 11.4 Å². The molecule has 3 nitrogen and oxygen atoms in total. The summed E-state index contributed by atoms with van der Waals surface area (Å²) in [4.78, 5) is 17.7. The molecular formula is C26H17FN2OS. The van der Waals surface area contributed by atoms with Crippen molar-refractivity contribution >= 4 is 33.7 Å². The minimum atomic E-state index is -0.305. The minimum absolute atomic E-state index is 0.186. The van der Waals surface area contributed by atoms with E-state index in [0.717, 1.165) is 16.3 Å². The van der Waals surface area contributed by atoms with E-state index in [-0.39, 0.29) is 11.7 Å². The van der Waals surface area contributed by atoms with Crippen LogP contribution in [0.25, 0.3) is 32.6 Å². The monoisotopic (exact) mass is 424 g/mol. The van der Waals surface area contributed by atoms with Crippen molar-refractivity contribution in [1.82, 2.24) is 4.98 Å². The van der Waals surface area contributed by atoms with Gasteiger partial charge in [-0.05, 0) is 35.0 Å². The predicted molar refractivity (Wildman–Crippen MR) is 125 cm³/mol. The van der Waals surface area contributed by atoms with Gasteiger partial charge in [0.2, 0.25) is 0 Å². The molecule has 0 aliphatic rings. The normalized spacial score (nSPS) is 10.9. The quantitative estimate of drug-likeness (QED) is 0.337. The van der Waals surface area contributed by atoms with Crippen LogP contribution in [0.4, 0.5) is 10.1 Å². The number of hydrogen-bond acceptors (Lipinski definition) is 3. The molecule has 0 fully saturated rings. The summed E-state index contributed by atoms with van der Waals surface area (Å²) in [7, 11) is 0. The summed E-state index contributed by atoms with van der Waals surface area (Å²) in [6, 6.07) is 27.6. The lowest BCUT2D eigenvalue weighted by Gasteiger charge is -2.11. The maximum atomic E-state index is 14.2. The van der Waals surface area contributed by atoms with E-state index in [0.29, 0.717) is 27.5 Å². The number of aromatic nitrogens is 1. The third-order valence-electron chi connectivity index (χ3n) is 5.09. The molecule has 150 valence electrons. The van der Waals surface area contributed by atoms with Crippen LogP contribution in [-0.4, -0.2) is 10.9 Å². The second kappa shape index (κ2) is 8.13. The van der Waals surface area contributed by atoms with Crippen molar-refractivity contribution in [2.24, 2.45) is 0 Å². The van der Waals surface area contributed by atoms with Gasteiger partial charge in [0.1, 0.15) is 10.8 Å². The molecule has 1 heterocycles. The molecular weight excluding hydrogens is 407 g/mol. The van der Waals surface area contributed by atoms with Gasteiger partial charge >= 0.3 is 0 Å². The lowest BCUT2D eigenvalue weighted by molar-refractivity contribution is 0.102. The number of rotatable bonds is 4. The molecule has 0 bridgehead atoms. The van der Waals surface area contributed by atoms with E-state index in [1.165, 1.54) is 17.4 Å². The molecule has 31 heavy (non-hydrogen) atoms. The minimum Gasteiger partial charge on any atom is -0.321 e. The summed E-state index contributed by atoms with van der Waals surface area (Å²) < 4.78 is 14.2. The van der Waals surface area contributed by atoms with Gasteiger partial charge in [0.15, 0.2) is 0 Å². The number of carbonyl (C=O) groups is 1. The SMILES string of the molecule is O=C(Nc1ccccc1-c1csc(-c2ccccc2F)n1)c1cccc2ccccc12. The van der Waals surface area contributed by atoms with Crippen molar-refractivity contribution < 1.29 is 9.18 Å². The highest BCUT2D eigenvalue weighted by Gasteiger charge is 2.15. The number of anilines is 1. The Kier molecular flexibility index (Phi) is 5.02. The van der Waals surface area contributed by atoms with E-state index in [2.05, 4.69) is 10.3 Å². The third kappa shape index (κ3) is 3.71. The highest BCUT2D eigenvalue weighted by molar-refractivity contribution is 7.13. The van der Waals surface area contributed by atoms with Crippen molar-refractivity contribution in [2.75, 3.05) is 5.32 Å². The van der Waals surface area contributed by atoms with Crippen LogP contribution in [-0.2, 0) is 0 Å². The lowest BCUT2D eigenvalue weighted by atomic mass is 10.0. The van der Waals surface area contributed by atoms with Crippen LogP contribution in [0, 0.1) is 5.82 Å². The molecule has 1 amide bonds. The summed E-state index contributed by atoms with van der Waals surface area (Å²) in [5, 5.41) is 7.42. The number of nitrogens with one attached hydrogen (secondary N) is 1. The number of carbonyl (C=O) groups excluding carboxylic acids is 1. The highest BCUT2D eigenvalue weighted by Crippen LogP contribution is 2.34. The number of amides is 1. The standard InChI is InChI=1S/C26H17FN2OS/c27-22-14-5-3-11-20(22)26-29-24(16-31-26)21-12-4-6-15-23(21)28-25(30)19-13-7-9-17-8-1-2-10-18(17)19/h1-16H,(H,28,30). The second-order valence-corrected chi connectivity index (χ2v) is 7.90. The Morgan fingerprint density at radius 1 is 0.806 bits per heavy atom. The van der Waals surface area contributed by atoms with Crippen molar-refractivity contribution in [3.8, 4) is 21.8 Å². The molecule has 5 aromatic rings. The number of thiazole rings is 1. The average Bonchev–Trinajstić information content (AvgIpc) is 3.29. The number of para-hydroxylation sites is 1. The molecule has 1 aromatic heterocycles. The van der Waals surface area contributed by atoms with Crippen LogP contribution >= 0.6 is 11.3 Å². The van der Waals surface area contributed by atoms with Gasteiger partial charge < -0.3 is 5.32 Å². The number of halogens is 1. The molecule has 0 radical (unpaired) electrons. The van der Waals surface area contributed by atoms with E-state index in [9.17, 15) is 9.18 Å². The van der Waals surface area contributed by atoms with Crippen LogP contribution in [0.3, 0.4) is 0 Å². The summed E-state index contributed by atoms with van der Waals surface area (Å²) in [6.07, 6.45) is 0. The van der Waals surface area contributed by atoms with Gasteiger partial charge in [0.25, 0.3) is 5.91 Å². The number of fused-ring (bicyclic) bond motifs is 1. The molecule has 0 saturated heterocycles. The van der Waals surface area contributed by atoms with Crippen molar-refractivity contribution in [3.63, 3.8) is 0 Å². The van der Waals surface area contributed by atoms with Crippen molar-refractivity contribution in [1.29, 1.82) is 0 Å². The van der Waals surface area contributed by atoms with Gasteiger partial charge in [-0.2, -0.15) is 0 Å². The summed E-state index contributed by atoms with van der Waals surface area (Å²) in [5.74, 6) is -0.491. The van der Waals surface area contributed by atoms with Gasteiger partial charge in [-0.1, -0.05) is 66.7 Å². The topological polar surface area (TPSA) is 42.0 Å². The predicted octanol–water partition coefficient (Wildman–Crippen LogP) is 7.02. The van der Waals surface area contributed by atoms with Gasteiger partial charge in [-0.3, -0.25) is 4.79 Å². The fourth-order valence-corrected chi connectivity index (χ4v) is 4.43. The molecule has 0 unspecified atom stereocenters. The molecule has 1 N–H and O–H groups in total. The number of nitrogens with zero attached hydrogens (tertiary/aromatic N) is 1. The number of hydrogen-bond donors (Lipinski definition) is 1. The van der Waals surface area contributed by atoms with Crippen molar-refractivity contribution in [3.05, 3.63) is 108 Å². The third-order valence-corrected chi connectivity index (χ3v) is 5.97. The molecule has 0 aliphatic heterocycles. The first-order chi connectivity index (χ1) is 15.2. The summed E-state index contributed by atoms with van der Waals surface area (Å²) in [5.41, 5.74) is 3.21. The fourth-order valence-electron chi connectivity index (χ4n) is 3.58. The second-order valence-electron chi connectivity index (χ2n) is 7.04. The highest BCUT2D eigenvalue weighted by atomic mass is 32.1. The Balaban J connectivity index is 1.49. The van der Waals surface area contributed by atoms with Gasteiger partial charge in [-0.25, -0.2) is 9.37 Å². The molecule has 0 atom stereocenters. The van der Waals surface area contributed by atoms with E-state index in [4.69, 9.17) is 0 Å². The smallest absolute Gasteiger partial charge is 0.256 e. The summed E-state index contributed by atoms with van der Waals surface area (Å²) >= 11 is 1.37. The first kappa shape index (κ1) is 19.2. The van der Waals surface area contributed by atoms with Crippen LogP contribution in [0.1, 0.15) is 10.4 Å². The molecule has 5 heteroatoms. The van der Waals surface area contributed by atoms with E-state index >= 15 is 0 Å². The molecule has 0 saturated carbocycles. The van der Waals surface area contributed by atoms with Crippen molar-refractivity contribution in [2.45, 2.75) is 0 Å².